The van der Waals surface area contributed by atoms with E-state index in [1.54, 1.807) is 25.4 Å². The van der Waals surface area contributed by atoms with Gasteiger partial charge in [-0.15, -0.1) is 0 Å². The van der Waals surface area contributed by atoms with E-state index in [4.69, 9.17) is 9.47 Å². The van der Waals surface area contributed by atoms with Crippen molar-refractivity contribution >= 4 is 23.0 Å². The molecule has 2 heterocycles. The van der Waals surface area contributed by atoms with Gasteiger partial charge in [0.2, 0.25) is 23.1 Å². The van der Waals surface area contributed by atoms with Gasteiger partial charge in [-0.2, -0.15) is 0 Å². The molecule has 176 valence electrons. The Morgan fingerprint density at radius 1 is 0.882 bits per heavy atom. The Hall–Kier alpha value is -3.74. The van der Waals surface area contributed by atoms with Crippen molar-refractivity contribution in [1.82, 2.24) is 9.88 Å². The van der Waals surface area contributed by atoms with E-state index in [1.807, 2.05) is 30.0 Å². The van der Waals surface area contributed by atoms with Crippen LogP contribution in [-0.2, 0) is 19.1 Å². The number of carbonyl (C=O) groups excluding carboxylic acids is 3. The van der Waals surface area contributed by atoms with Crippen LogP contribution in [0.4, 0.5) is 0 Å². The SMILES string of the molecule is COC1=C(OC)C(=O)C(c2cc(C)c(-c3ccncc3)c(C(=O)N3CCCCC3)c2)=C(C)C1=O. The first-order valence-corrected chi connectivity index (χ1v) is 11.4. The highest BCUT2D eigenvalue weighted by Gasteiger charge is 2.36. The van der Waals surface area contributed by atoms with Crippen LogP contribution in [0.5, 0.6) is 0 Å². The third-order valence-electron chi connectivity index (χ3n) is 6.44. The maximum absolute atomic E-state index is 13.7. The van der Waals surface area contributed by atoms with Crippen LogP contribution in [0.15, 0.2) is 53.8 Å². The summed E-state index contributed by atoms with van der Waals surface area (Å²) in [6.45, 7) is 4.90. The molecule has 34 heavy (non-hydrogen) atoms. The van der Waals surface area contributed by atoms with Crippen molar-refractivity contribution in [3.05, 3.63) is 70.4 Å². The molecule has 1 aliphatic carbocycles. The van der Waals surface area contributed by atoms with Gasteiger partial charge in [0, 0.05) is 42.2 Å². The lowest BCUT2D eigenvalue weighted by Crippen LogP contribution is -2.36. The summed E-state index contributed by atoms with van der Waals surface area (Å²) in [5.41, 5.74) is 3.99. The fourth-order valence-corrected chi connectivity index (χ4v) is 4.76. The van der Waals surface area contributed by atoms with Crippen molar-refractivity contribution in [2.24, 2.45) is 0 Å². The zero-order valence-electron chi connectivity index (χ0n) is 19.9. The molecular weight excluding hydrogens is 432 g/mol. The predicted molar refractivity (Wildman–Crippen MR) is 128 cm³/mol. The molecule has 0 unspecified atom stereocenters. The molecule has 1 saturated heterocycles. The van der Waals surface area contributed by atoms with Gasteiger partial charge in [0.15, 0.2) is 0 Å². The molecule has 0 radical (unpaired) electrons. The smallest absolute Gasteiger partial charge is 0.254 e. The molecule has 1 fully saturated rings. The topological polar surface area (TPSA) is 85.8 Å². The Labute approximate surface area is 199 Å². The number of hydrogen-bond donors (Lipinski definition) is 0. The lowest BCUT2D eigenvalue weighted by atomic mass is 9.84. The Morgan fingerprint density at radius 3 is 2.12 bits per heavy atom. The summed E-state index contributed by atoms with van der Waals surface area (Å²) in [4.78, 5) is 46.0. The van der Waals surface area contributed by atoms with Gasteiger partial charge in [-0.05, 0) is 73.6 Å². The predicted octanol–water partition coefficient (Wildman–Crippen LogP) is 4.11. The normalized spacial score (nSPS) is 16.8. The van der Waals surface area contributed by atoms with Crippen LogP contribution < -0.4 is 0 Å². The first-order chi connectivity index (χ1) is 16.4. The van der Waals surface area contributed by atoms with Crippen LogP contribution in [-0.4, -0.2) is 54.7 Å². The molecule has 1 amide bonds. The van der Waals surface area contributed by atoms with Crippen LogP contribution in [0.3, 0.4) is 0 Å². The van der Waals surface area contributed by atoms with Gasteiger partial charge < -0.3 is 14.4 Å². The van der Waals surface area contributed by atoms with Crippen LogP contribution in [0.25, 0.3) is 16.7 Å². The number of ketones is 2. The monoisotopic (exact) mass is 460 g/mol. The van der Waals surface area contributed by atoms with E-state index in [0.29, 0.717) is 24.2 Å². The molecular formula is C27H28N2O5. The minimum Gasteiger partial charge on any atom is -0.489 e. The Balaban J connectivity index is 1.91. The second kappa shape index (κ2) is 9.63. The second-order valence-electron chi connectivity index (χ2n) is 8.53. The van der Waals surface area contributed by atoms with Gasteiger partial charge in [-0.25, -0.2) is 0 Å². The summed E-state index contributed by atoms with van der Waals surface area (Å²) in [6, 6.07) is 7.31. The van der Waals surface area contributed by atoms with Crippen LogP contribution in [0.1, 0.15) is 47.7 Å². The molecule has 1 aromatic heterocycles. The fourth-order valence-electron chi connectivity index (χ4n) is 4.76. The molecule has 4 rings (SSSR count). The van der Waals surface area contributed by atoms with Crippen molar-refractivity contribution < 1.29 is 23.9 Å². The number of aromatic nitrogens is 1. The molecule has 2 aliphatic rings. The van der Waals surface area contributed by atoms with E-state index >= 15 is 0 Å². The Bertz CT molecular complexity index is 1220. The van der Waals surface area contributed by atoms with Crippen LogP contribution in [0.2, 0.25) is 0 Å². The number of nitrogens with zero attached hydrogens (tertiary/aromatic N) is 2. The van der Waals surface area contributed by atoms with Gasteiger partial charge >= 0.3 is 0 Å². The number of carbonyl (C=O) groups is 3. The Kier molecular flexibility index (Phi) is 6.63. The van der Waals surface area contributed by atoms with Gasteiger partial charge in [0.1, 0.15) is 0 Å². The van der Waals surface area contributed by atoms with Gasteiger partial charge in [-0.3, -0.25) is 19.4 Å². The zero-order valence-corrected chi connectivity index (χ0v) is 19.9. The standard InChI is InChI=1S/C27H28N2O5/c1-16-14-19(22-17(2)23(30)25(33-3)26(34-4)24(22)31)15-20(21(16)18-8-10-28-11-9-18)27(32)29-12-6-5-7-13-29/h8-11,14-15H,5-7,12-13H2,1-4H3. The minimum atomic E-state index is -0.441. The highest BCUT2D eigenvalue weighted by Crippen LogP contribution is 2.37. The maximum Gasteiger partial charge on any atom is 0.254 e. The Morgan fingerprint density at radius 2 is 1.50 bits per heavy atom. The van der Waals surface area contributed by atoms with Gasteiger partial charge in [0.25, 0.3) is 5.91 Å². The first kappa shape index (κ1) is 23.4. The quantitative estimate of drug-likeness (QED) is 0.624. The number of piperidine rings is 1. The van der Waals surface area contributed by atoms with E-state index in [9.17, 15) is 14.4 Å². The van der Waals surface area contributed by atoms with Crippen molar-refractivity contribution in [1.29, 1.82) is 0 Å². The van der Waals surface area contributed by atoms with E-state index in [2.05, 4.69) is 4.98 Å². The lowest BCUT2D eigenvalue weighted by Gasteiger charge is -2.28. The first-order valence-electron chi connectivity index (χ1n) is 11.4. The molecule has 7 nitrogen and oxygen atoms in total. The largest absolute Gasteiger partial charge is 0.489 e. The molecule has 0 spiro atoms. The summed E-state index contributed by atoms with van der Waals surface area (Å²) in [5.74, 6) is -1.17. The third-order valence-corrected chi connectivity index (χ3v) is 6.44. The van der Waals surface area contributed by atoms with Crippen molar-refractivity contribution in [2.45, 2.75) is 33.1 Å². The number of benzene rings is 1. The number of aryl methyl sites for hydroxylation is 1. The maximum atomic E-state index is 13.7. The number of amides is 1. The molecule has 0 atom stereocenters. The van der Waals surface area contributed by atoms with Crippen molar-refractivity contribution in [2.75, 3.05) is 27.3 Å². The summed E-state index contributed by atoms with van der Waals surface area (Å²) in [5, 5.41) is 0. The third kappa shape index (κ3) is 4.02. The summed E-state index contributed by atoms with van der Waals surface area (Å²) < 4.78 is 10.4. The molecule has 0 N–H and O–H groups in total. The van der Waals surface area contributed by atoms with E-state index in [0.717, 1.165) is 36.0 Å². The molecule has 7 heteroatoms. The number of allylic oxidation sites excluding steroid dienone is 2. The number of ether oxygens (including phenoxy) is 2. The zero-order chi connectivity index (χ0) is 24.4. The second-order valence-corrected chi connectivity index (χ2v) is 8.53. The average Bonchev–Trinajstić information content (AvgIpc) is 2.86. The summed E-state index contributed by atoms with van der Waals surface area (Å²) in [7, 11) is 2.67. The van der Waals surface area contributed by atoms with Gasteiger partial charge in [-0.1, -0.05) is 6.07 Å². The van der Waals surface area contributed by atoms with Gasteiger partial charge in [0.05, 0.1) is 14.2 Å². The molecule has 1 aromatic carbocycles. The van der Waals surface area contributed by atoms with Crippen molar-refractivity contribution in [3.8, 4) is 11.1 Å². The molecule has 0 bridgehead atoms. The number of pyridine rings is 1. The number of hydrogen-bond acceptors (Lipinski definition) is 6. The molecule has 0 saturated carbocycles. The average molecular weight is 461 g/mol. The van der Waals surface area contributed by atoms with Crippen LogP contribution >= 0.6 is 0 Å². The van der Waals surface area contributed by atoms with E-state index < -0.39 is 11.6 Å². The van der Waals surface area contributed by atoms with E-state index in [1.165, 1.54) is 14.2 Å². The van der Waals surface area contributed by atoms with E-state index in [-0.39, 0.29) is 28.6 Å². The van der Waals surface area contributed by atoms with Crippen LogP contribution in [0, 0.1) is 6.92 Å². The number of Topliss-reactive ketones (excluding diaryl/α,β-unsaturated/α-hetero) is 2. The van der Waals surface area contributed by atoms with Crippen molar-refractivity contribution in [3.63, 3.8) is 0 Å². The lowest BCUT2D eigenvalue weighted by molar-refractivity contribution is -0.119. The minimum absolute atomic E-state index is 0.0793. The summed E-state index contributed by atoms with van der Waals surface area (Å²) >= 11 is 0. The highest BCUT2D eigenvalue weighted by atomic mass is 16.5. The number of rotatable bonds is 5. The molecule has 1 aliphatic heterocycles. The number of methoxy groups -OCH3 is 2. The fraction of sp³-hybridized carbons (Fsp3) is 0.333. The highest BCUT2D eigenvalue weighted by molar-refractivity contribution is 6.38. The number of likely N-dealkylation sites (tertiary alicyclic amines) is 1. The summed E-state index contributed by atoms with van der Waals surface area (Å²) in [6.07, 6.45) is 6.42. The molecule has 2 aromatic rings.